The van der Waals surface area contributed by atoms with Gasteiger partial charge < -0.3 is 24.6 Å². The monoisotopic (exact) mass is 398 g/mol. The molecule has 0 aliphatic carbocycles. The van der Waals surface area contributed by atoms with Crippen molar-refractivity contribution in [1.29, 1.82) is 0 Å². The summed E-state index contributed by atoms with van der Waals surface area (Å²) in [7, 11) is 1.89. The van der Waals surface area contributed by atoms with Gasteiger partial charge in [0.05, 0.1) is 11.7 Å². The number of phenolic OH excluding ortho intramolecular Hbond substituents is 1. The van der Waals surface area contributed by atoms with Crippen molar-refractivity contribution in [3.05, 3.63) is 47.8 Å². The fourth-order valence-corrected chi connectivity index (χ4v) is 4.35. The summed E-state index contributed by atoms with van der Waals surface area (Å²) in [6, 6.07) is 7.38. The van der Waals surface area contributed by atoms with Crippen molar-refractivity contribution in [3.8, 4) is 5.75 Å². The van der Waals surface area contributed by atoms with Crippen molar-refractivity contribution in [2.45, 2.75) is 18.9 Å². The first-order valence-corrected chi connectivity index (χ1v) is 10.4. The van der Waals surface area contributed by atoms with E-state index < -0.39 is 6.10 Å². The van der Waals surface area contributed by atoms with Crippen molar-refractivity contribution in [2.24, 2.45) is 7.05 Å². The maximum Gasteiger partial charge on any atom is 0.255 e. The number of hydrogen-bond donors (Lipinski definition) is 2. The SMILES string of the molecule is Cn1cc2c(c1)C(O)CCN(CCCN1CCN(c3ccc(O)cc3)CC1)C2=O. The number of fused-ring (bicyclic) bond motifs is 1. The van der Waals surface area contributed by atoms with Gasteiger partial charge in [0.25, 0.3) is 5.91 Å². The highest BCUT2D eigenvalue weighted by Gasteiger charge is 2.28. The van der Waals surface area contributed by atoms with E-state index in [0.717, 1.165) is 56.9 Å². The van der Waals surface area contributed by atoms with Crippen LogP contribution >= 0.6 is 0 Å². The summed E-state index contributed by atoms with van der Waals surface area (Å²) in [5.41, 5.74) is 2.54. The Kier molecular flexibility index (Phi) is 5.78. The Morgan fingerprint density at radius 3 is 2.45 bits per heavy atom. The first-order valence-electron chi connectivity index (χ1n) is 10.4. The zero-order valence-corrected chi connectivity index (χ0v) is 17.0. The highest BCUT2D eigenvalue weighted by molar-refractivity contribution is 5.96. The molecule has 4 rings (SSSR count). The molecule has 1 atom stereocenters. The van der Waals surface area contributed by atoms with E-state index in [1.807, 2.05) is 41.0 Å². The summed E-state index contributed by atoms with van der Waals surface area (Å²) in [6.45, 7) is 6.22. The molecule has 0 spiro atoms. The molecule has 2 aliphatic rings. The van der Waals surface area contributed by atoms with Crippen molar-refractivity contribution in [2.75, 3.05) is 50.7 Å². The van der Waals surface area contributed by atoms with Crippen LogP contribution in [-0.4, -0.2) is 76.3 Å². The Hall–Kier alpha value is -2.51. The molecule has 2 N–H and O–H groups in total. The van der Waals surface area contributed by atoms with Gasteiger partial charge in [-0.25, -0.2) is 0 Å². The van der Waals surface area contributed by atoms with Gasteiger partial charge in [-0.05, 0) is 43.7 Å². The number of aromatic nitrogens is 1. The molecule has 1 unspecified atom stereocenters. The van der Waals surface area contributed by atoms with Crippen LogP contribution in [0.5, 0.6) is 5.75 Å². The molecule has 2 aromatic rings. The minimum atomic E-state index is -0.562. The number of piperazine rings is 1. The molecule has 29 heavy (non-hydrogen) atoms. The average molecular weight is 399 g/mol. The van der Waals surface area contributed by atoms with Crippen molar-refractivity contribution < 1.29 is 15.0 Å². The molecule has 7 nitrogen and oxygen atoms in total. The van der Waals surface area contributed by atoms with E-state index in [0.29, 0.717) is 24.3 Å². The highest BCUT2D eigenvalue weighted by Crippen LogP contribution is 2.27. The molecule has 1 amide bonds. The summed E-state index contributed by atoms with van der Waals surface area (Å²) in [6.07, 6.45) is 4.64. The minimum Gasteiger partial charge on any atom is -0.508 e. The van der Waals surface area contributed by atoms with E-state index >= 15 is 0 Å². The first kappa shape index (κ1) is 19.8. The van der Waals surface area contributed by atoms with Crippen molar-refractivity contribution in [3.63, 3.8) is 0 Å². The number of benzene rings is 1. The second kappa shape index (κ2) is 8.47. The van der Waals surface area contributed by atoms with Crippen LogP contribution in [0.4, 0.5) is 5.69 Å². The number of aliphatic hydroxyl groups is 1. The number of hydrogen-bond acceptors (Lipinski definition) is 5. The standard InChI is InChI=1S/C22H30N4O3/c1-23-15-19-20(16-23)22(29)26(10-7-21(19)28)9-2-8-24-11-13-25(14-12-24)17-3-5-18(27)6-4-17/h3-6,15-16,21,27-28H,2,7-14H2,1H3. The summed E-state index contributed by atoms with van der Waals surface area (Å²) >= 11 is 0. The van der Waals surface area contributed by atoms with Crippen LogP contribution in [0.2, 0.25) is 0 Å². The van der Waals surface area contributed by atoms with Gasteiger partial charge in [-0.3, -0.25) is 9.69 Å². The molecule has 1 saturated heterocycles. The molecular formula is C22H30N4O3. The third kappa shape index (κ3) is 4.41. The molecule has 2 aliphatic heterocycles. The molecule has 7 heteroatoms. The van der Waals surface area contributed by atoms with Crippen LogP contribution in [0, 0.1) is 0 Å². The number of anilines is 1. The van der Waals surface area contributed by atoms with Gasteiger partial charge >= 0.3 is 0 Å². The summed E-state index contributed by atoms with van der Waals surface area (Å²) in [4.78, 5) is 19.5. The average Bonchev–Trinajstić information content (AvgIpc) is 3.08. The van der Waals surface area contributed by atoms with Crippen LogP contribution in [-0.2, 0) is 7.05 Å². The largest absolute Gasteiger partial charge is 0.508 e. The quantitative estimate of drug-likeness (QED) is 0.804. The summed E-state index contributed by atoms with van der Waals surface area (Å²) in [5, 5.41) is 19.8. The topological polar surface area (TPSA) is 72.2 Å². The number of carbonyl (C=O) groups is 1. The Morgan fingerprint density at radius 2 is 1.72 bits per heavy atom. The molecular weight excluding hydrogens is 368 g/mol. The van der Waals surface area contributed by atoms with Crippen molar-refractivity contribution in [1.82, 2.24) is 14.4 Å². The zero-order chi connectivity index (χ0) is 20.4. The maximum absolute atomic E-state index is 12.9. The van der Waals surface area contributed by atoms with E-state index in [-0.39, 0.29) is 5.91 Å². The normalized spacial score (nSPS) is 20.6. The van der Waals surface area contributed by atoms with E-state index in [1.54, 1.807) is 12.1 Å². The van der Waals surface area contributed by atoms with Gasteiger partial charge in [-0.2, -0.15) is 0 Å². The predicted molar refractivity (Wildman–Crippen MR) is 112 cm³/mol. The zero-order valence-electron chi connectivity index (χ0n) is 17.0. The number of nitrogens with zero attached hydrogens (tertiary/aromatic N) is 4. The summed E-state index contributed by atoms with van der Waals surface area (Å²) in [5.74, 6) is 0.333. The van der Waals surface area contributed by atoms with Gasteiger partial charge in [-0.15, -0.1) is 0 Å². The van der Waals surface area contributed by atoms with Gasteiger partial charge in [0.1, 0.15) is 5.75 Å². The molecule has 0 saturated carbocycles. The molecule has 1 aromatic carbocycles. The highest BCUT2D eigenvalue weighted by atomic mass is 16.3. The lowest BCUT2D eigenvalue weighted by Gasteiger charge is -2.36. The first-order chi connectivity index (χ1) is 14.0. The molecule has 3 heterocycles. The number of phenols is 1. The molecule has 0 radical (unpaired) electrons. The molecule has 1 aromatic heterocycles. The Labute approximate surface area is 171 Å². The fourth-order valence-electron chi connectivity index (χ4n) is 4.35. The lowest BCUT2D eigenvalue weighted by Crippen LogP contribution is -2.47. The van der Waals surface area contributed by atoms with E-state index in [2.05, 4.69) is 9.80 Å². The Balaban J connectivity index is 1.25. The number of amides is 1. The van der Waals surface area contributed by atoms with Gasteiger partial charge in [-0.1, -0.05) is 0 Å². The lowest BCUT2D eigenvalue weighted by atomic mass is 10.1. The van der Waals surface area contributed by atoms with E-state index in [1.165, 1.54) is 0 Å². The third-order valence-corrected chi connectivity index (χ3v) is 6.03. The molecule has 156 valence electrons. The second-order valence-electron chi connectivity index (χ2n) is 8.09. The predicted octanol–water partition coefficient (Wildman–Crippen LogP) is 1.82. The minimum absolute atomic E-state index is 0.0364. The summed E-state index contributed by atoms with van der Waals surface area (Å²) < 4.78 is 1.85. The van der Waals surface area contributed by atoms with Crippen LogP contribution in [0.25, 0.3) is 0 Å². The van der Waals surface area contributed by atoms with Gasteiger partial charge in [0, 0.05) is 70.0 Å². The van der Waals surface area contributed by atoms with Crippen LogP contribution < -0.4 is 4.90 Å². The smallest absolute Gasteiger partial charge is 0.255 e. The van der Waals surface area contributed by atoms with Crippen LogP contribution in [0.1, 0.15) is 34.9 Å². The van der Waals surface area contributed by atoms with Crippen LogP contribution in [0.3, 0.4) is 0 Å². The Bertz CT molecular complexity index is 840. The fraction of sp³-hybridized carbons (Fsp3) is 0.500. The second-order valence-corrected chi connectivity index (χ2v) is 8.09. The van der Waals surface area contributed by atoms with Gasteiger partial charge in [0.2, 0.25) is 0 Å². The van der Waals surface area contributed by atoms with Crippen LogP contribution in [0.15, 0.2) is 36.7 Å². The third-order valence-electron chi connectivity index (χ3n) is 6.03. The lowest BCUT2D eigenvalue weighted by molar-refractivity contribution is 0.0737. The number of aliphatic hydroxyl groups excluding tert-OH is 1. The Morgan fingerprint density at radius 1 is 1.00 bits per heavy atom. The number of aromatic hydroxyl groups is 1. The number of rotatable bonds is 5. The molecule has 0 bridgehead atoms. The van der Waals surface area contributed by atoms with E-state index in [4.69, 9.17) is 0 Å². The van der Waals surface area contributed by atoms with Crippen molar-refractivity contribution >= 4 is 11.6 Å². The van der Waals surface area contributed by atoms with Gasteiger partial charge in [0.15, 0.2) is 0 Å². The maximum atomic E-state index is 12.9. The number of aryl methyl sites for hydroxylation is 1. The molecule has 1 fully saturated rings. The van der Waals surface area contributed by atoms with E-state index in [9.17, 15) is 15.0 Å². The number of carbonyl (C=O) groups excluding carboxylic acids is 1.